The predicted molar refractivity (Wildman–Crippen MR) is 63.7 cm³/mol. The number of nitrogens with one attached hydrogen (secondary N) is 1. The number of aliphatic hydroxyl groups is 1. The van der Waals surface area contributed by atoms with Crippen LogP contribution in [0, 0.1) is 10.1 Å². The first-order chi connectivity index (χ1) is 8.84. The molecule has 0 aliphatic rings. The van der Waals surface area contributed by atoms with E-state index in [2.05, 4.69) is 0 Å². The lowest BCUT2D eigenvalue weighted by Gasteiger charge is -2.16. The van der Waals surface area contributed by atoms with Crippen LogP contribution in [0.15, 0.2) is 24.3 Å². The number of carboxylic acids is 1. The number of hydrogen-bond acceptors (Lipinski definition) is 5. The summed E-state index contributed by atoms with van der Waals surface area (Å²) in [7, 11) is 0. The van der Waals surface area contributed by atoms with Crippen LogP contribution >= 0.6 is 0 Å². The fourth-order valence-corrected chi connectivity index (χ4v) is 1.43. The molecule has 0 unspecified atom stereocenters. The molecule has 0 aliphatic carbocycles. The van der Waals surface area contributed by atoms with E-state index in [0.717, 1.165) is 6.07 Å². The average molecular weight is 268 g/mol. The largest absolute Gasteiger partial charge is 0.480 e. The number of carboxylic acid groups (broad SMARTS) is 1. The van der Waals surface area contributed by atoms with Gasteiger partial charge in [-0.05, 0) is 13.0 Å². The van der Waals surface area contributed by atoms with E-state index in [4.69, 9.17) is 5.11 Å². The van der Waals surface area contributed by atoms with Gasteiger partial charge >= 0.3 is 5.97 Å². The van der Waals surface area contributed by atoms with Gasteiger partial charge in [-0.2, -0.15) is 0 Å². The molecule has 0 saturated carbocycles. The van der Waals surface area contributed by atoms with Crippen LogP contribution in [-0.4, -0.2) is 39.2 Å². The Hall–Kier alpha value is -2.48. The summed E-state index contributed by atoms with van der Waals surface area (Å²) < 4.78 is 0. The van der Waals surface area contributed by atoms with Gasteiger partial charge in [0.2, 0.25) is 0 Å². The number of rotatable bonds is 5. The van der Waals surface area contributed by atoms with Crippen molar-refractivity contribution >= 4 is 17.6 Å². The number of nitrogens with zero attached hydrogens (tertiary/aromatic N) is 1. The minimum atomic E-state index is -1.53. The molecule has 0 heterocycles. The fourth-order valence-electron chi connectivity index (χ4n) is 1.43. The Morgan fingerprint density at radius 1 is 1.37 bits per heavy atom. The van der Waals surface area contributed by atoms with Crippen molar-refractivity contribution in [2.75, 3.05) is 0 Å². The smallest absolute Gasteiger partial charge is 0.328 e. The second-order valence-electron chi connectivity index (χ2n) is 3.80. The molecule has 0 bridgehead atoms. The zero-order chi connectivity index (χ0) is 14.6. The number of amides is 1. The molecule has 1 amide bonds. The minimum absolute atomic E-state index is 0.264. The molecular weight excluding hydrogens is 256 g/mol. The highest BCUT2D eigenvalue weighted by molar-refractivity contribution is 6.00. The number of aliphatic carboxylic acids is 1. The summed E-state index contributed by atoms with van der Waals surface area (Å²) in [4.78, 5) is 32.6. The molecule has 8 nitrogen and oxygen atoms in total. The normalized spacial score (nSPS) is 13.4. The van der Waals surface area contributed by atoms with E-state index in [-0.39, 0.29) is 5.56 Å². The summed E-state index contributed by atoms with van der Waals surface area (Å²) in [6, 6.07) is 3.60. The minimum Gasteiger partial charge on any atom is -0.480 e. The van der Waals surface area contributed by atoms with E-state index in [1.807, 2.05) is 5.32 Å². The van der Waals surface area contributed by atoms with Crippen LogP contribution in [-0.2, 0) is 4.79 Å². The Balaban J connectivity index is 3.01. The average Bonchev–Trinajstić information content (AvgIpc) is 2.34. The van der Waals surface area contributed by atoms with Crippen LogP contribution in [0.4, 0.5) is 5.69 Å². The Kier molecular flexibility index (Phi) is 4.54. The molecule has 3 N–H and O–H groups in total. The number of benzene rings is 1. The van der Waals surface area contributed by atoms with E-state index in [1.54, 1.807) is 0 Å². The van der Waals surface area contributed by atoms with Crippen LogP contribution in [0.25, 0.3) is 0 Å². The molecule has 102 valence electrons. The summed E-state index contributed by atoms with van der Waals surface area (Å²) in [6.45, 7) is 1.19. The summed E-state index contributed by atoms with van der Waals surface area (Å²) >= 11 is 0. The molecule has 1 rings (SSSR count). The van der Waals surface area contributed by atoms with Gasteiger partial charge in [-0.15, -0.1) is 0 Å². The highest BCUT2D eigenvalue weighted by atomic mass is 16.6. The van der Waals surface area contributed by atoms with E-state index < -0.39 is 34.6 Å². The van der Waals surface area contributed by atoms with Gasteiger partial charge in [0.15, 0.2) is 6.04 Å². The van der Waals surface area contributed by atoms with Crippen LogP contribution in [0.5, 0.6) is 0 Å². The number of carbonyl (C=O) groups excluding carboxylic acids is 1. The second-order valence-corrected chi connectivity index (χ2v) is 3.80. The van der Waals surface area contributed by atoms with Gasteiger partial charge in [0, 0.05) is 6.07 Å². The summed E-state index contributed by atoms with van der Waals surface area (Å²) in [6.07, 6.45) is -1.33. The lowest BCUT2D eigenvalue weighted by atomic mass is 10.1. The maximum absolute atomic E-state index is 11.8. The van der Waals surface area contributed by atoms with Crippen molar-refractivity contribution in [1.29, 1.82) is 0 Å². The van der Waals surface area contributed by atoms with E-state index in [1.165, 1.54) is 25.1 Å². The Bertz CT molecular complexity index is 514. The standard InChI is InChI=1S/C11H12N2O6/c1-6(14)9(11(16)17)12-10(15)7-4-2-3-5-8(7)13(18)19/h2-6,9,14H,1H3,(H,12,15)(H,16,17)/t6-,9+/m1/s1. The first kappa shape index (κ1) is 14.6. The third kappa shape index (κ3) is 3.49. The van der Waals surface area contributed by atoms with Gasteiger partial charge in [0.05, 0.1) is 11.0 Å². The number of hydrogen-bond donors (Lipinski definition) is 3. The number of nitro benzene ring substituents is 1. The quantitative estimate of drug-likeness (QED) is 0.515. The molecular formula is C11H12N2O6. The topological polar surface area (TPSA) is 130 Å². The first-order valence-electron chi connectivity index (χ1n) is 5.29. The first-order valence-corrected chi connectivity index (χ1v) is 5.29. The van der Waals surface area contributed by atoms with Crippen molar-refractivity contribution in [3.8, 4) is 0 Å². The molecule has 0 radical (unpaired) electrons. The van der Waals surface area contributed by atoms with Crippen molar-refractivity contribution < 1.29 is 24.7 Å². The van der Waals surface area contributed by atoms with Crippen molar-refractivity contribution in [3.05, 3.63) is 39.9 Å². The molecule has 0 aliphatic heterocycles. The summed E-state index contributed by atoms with van der Waals surface area (Å²) in [5.41, 5.74) is -0.700. The van der Waals surface area contributed by atoms with Crippen molar-refractivity contribution in [1.82, 2.24) is 5.32 Å². The maximum atomic E-state index is 11.8. The third-order valence-electron chi connectivity index (χ3n) is 2.38. The van der Waals surface area contributed by atoms with Crippen LogP contribution in [0.1, 0.15) is 17.3 Å². The number of carbonyl (C=O) groups is 2. The molecule has 19 heavy (non-hydrogen) atoms. The SMILES string of the molecule is C[C@@H](O)[C@H](NC(=O)c1ccccc1[N+](=O)[O-])C(=O)O. The fraction of sp³-hybridized carbons (Fsp3) is 0.273. The molecule has 0 saturated heterocycles. The Morgan fingerprint density at radius 3 is 2.42 bits per heavy atom. The lowest BCUT2D eigenvalue weighted by molar-refractivity contribution is -0.385. The van der Waals surface area contributed by atoms with Crippen molar-refractivity contribution in [3.63, 3.8) is 0 Å². The summed E-state index contributed by atoms with van der Waals surface area (Å²) in [5.74, 6) is -2.36. The van der Waals surface area contributed by atoms with Crippen LogP contribution in [0.2, 0.25) is 0 Å². The lowest BCUT2D eigenvalue weighted by Crippen LogP contribution is -2.47. The van der Waals surface area contributed by atoms with Gasteiger partial charge in [0.1, 0.15) is 5.56 Å². The second kappa shape index (κ2) is 5.91. The molecule has 0 fully saturated rings. The molecule has 1 aromatic carbocycles. The monoisotopic (exact) mass is 268 g/mol. The highest BCUT2D eigenvalue weighted by Gasteiger charge is 2.28. The Morgan fingerprint density at radius 2 is 1.95 bits per heavy atom. The zero-order valence-corrected chi connectivity index (χ0v) is 9.94. The van der Waals surface area contributed by atoms with Gasteiger partial charge in [-0.1, -0.05) is 12.1 Å². The number of para-hydroxylation sites is 1. The molecule has 0 spiro atoms. The van der Waals surface area contributed by atoms with Crippen LogP contribution in [0.3, 0.4) is 0 Å². The van der Waals surface area contributed by atoms with Crippen molar-refractivity contribution in [2.24, 2.45) is 0 Å². The van der Waals surface area contributed by atoms with E-state index >= 15 is 0 Å². The van der Waals surface area contributed by atoms with Gasteiger partial charge in [-0.25, -0.2) is 4.79 Å². The van der Waals surface area contributed by atoms with Gasteiger partial charge < -0.3 is 15.5 Å². The third-order valence-corrected chi connectivity index (χ3v) is 2.38. The summed E-state index contributed by atoms with van der Waals surface area (Å²) in [5, 5.41) is 30.8. The van der Waals surface area contributed by atoms with Gasteiger partial charge in [-0.3, -0.25) is 14.9 Å². The van der Waals surface area contributed by atoms with Crippen molar-refractivity contribution in [2.45, 2.75) is 19.1 Å². The molecule has 8 heteroatoms. The van der Waals surface area contributed by atoms with E-state index in [0.29, 0.717) is 0 Å². The Labute approximate surface area is 107 Å². The van der Waals surface area contributed by atoms with Crippen LogP contribution < -0.4 is 5.32 Å². The molecule has 0 aromatic heterocycles. The predicted octanol–water partition coefficient (Wildman–Crippen LogP) is 0.159. The maximum Gasteiger partial charge on any atom is 0.328 e. The zero-order valence-electron chi connectivity index (χ0n) is 9.94. The van der Waals surface area contributed by atoms with Gasteiger partial charge in [0.25, 0.3) is 11.6 Å². The van der Waals surface area contributed by atoms with E-state index in [9.17, 15) is 24.8 Å². The molecule has 2 atom stereocenters. The molecule has 1 aromatic rings. The number of aliphatic hydroxyl groups excluding tert-OH is 1. The number of nitro groups is 1. The highest BCUT2D eigenvalue weighted by Crippen LogP contribution is 2.17.